The zero-order valence-corrected chi connectivity index (χ0v) is 17.7. The van der Waals surface area contributed by atoms with E-state index in [0.717, 1.165) is 26.0 Å². The normalized spacial score (nSPS) is 10.7. The molecule has 3 nitrogen and oxygen atoms in total. The maximum Gasteiger partial charge on any atom is 0.234 e. The number of aromatic nitrogens is 1. The second kappa shape index (κ2) is 9.27. The van der Waals surface area contributed by atoms with E-state index in [4.69, 9.17) is 16.6 Å². The van der Waals surface area contributed by atoms with Gasteiger partial charge in [0.2, 0.25) is 5.91 Å². The number of hydrogen-bond donors (Lipinski definition) is 1. The van der Waals surface area contributed by atoms with Crippen LogP contribution in [0.15, 0.2) is 89.3 Å². The molecule has 0 fully saturated rings. The van der Waals surface area contributed by atoms with Crippen LogP contribution in [0.5, 0.6) is 0 Å². The molecular formula is C23H17ClN2OS2. The molecule has 4 aromatic rings. The first-order valence-electron chi connectivity index (χ1n) is 8.99. The van der Waals surface area contributed by atoms with Crippen molar-refractivity contribution in [3.63, 3.8) is 0 Å². The van der Waals surface area contributed by atoms with Crippen LogP contribution in [0, 0.1) is 0 Å². The third kappa shape index (κ3) is 4.88. The molecule has 0 unspecified atom stereocenters. The van der Waals surface area contributed by atoms with Gasteiger partial charge in [0, 0.05) is 5.56 Å². The smallest absolute Gasteiger partial charge is 0.234 e. The predicted octanol–water partition coefficient (Wildman–Crippen LogP) is 6.86. The molecule has 6 heteroatoms. The standard InChI is InChI=1S/C23H17ClN2OS2/c24-18-13-7-8-14-19(18)25-20(27)15-28-23-26-21(16-9-3-1-4-10-16)22(29-23)17-11-5-2-6-12-17/h1-14H,15H2,(H,25,27). The number of thiazole rings is 1. The number of amides is 1. The van der Waals surface area contributed by atoms with E-state index in [0.29, 0.717) is 10.7 Å². The lowest BCUT2D eigenvalue weighted by atomic mass is 10.1. The molecular weight excluding hydrogens is 420 g/mol. The van der Waals surface area contributed by atoms with Gasteiger partial charge in [0.25, 0.3) is 0 Å². The summed E-state index contributed by atoms with van der Waals surface area (Å²) in [7, 11) is 0. The molecule has 3 aromatic carbocycles. The van der Waals surface area contributed by atoms with Crippen molar-refractivity contribution in [2.24, 2.45) is 0 Å². The Morgan fingerprint density at radius 3 is 2.21 bits per heavy atom. The fourth-order valence-electron chi connectivity index (χ4n) is 2.82. The Morgan fingerprint density at radius 1 is 0.897 bits per heavy atom. The number of hydrogen-bond acceptors (Lipinski definition) is 4. The minimum absolute atomic E-state index is 0.110. The van der Waals surface area contributed by atoms with Gasteiger partial charge in [-0.1, -0.05) is 96.2 Å². The quantitative estimate of drug-likeness (QED) is 0.335. The molecule has 0 saturated carbocycles. The van der Waals surface area contributed by atoms with Crippen LogP contribution in [0.2, 0.25) is 5.02 Å². The summed E-state index contributed by atoms with van der Waals surface area (Å²) in [5, 5.41) is 3.38. The molecule has 1 heterocycles. The van der Waals surface area contributed by atoms with Crippen LogP contribution in [0.3, 0.4) is 0 Å². The molecule has 0 radical (unpaired) electrons. The number of thioether (sulfide) groups is 1. The number of carbonyl (C=O) groups is 1. The number of nitrogens with zero attached hydrogens (tertiary/aromatic N) is 1. The highest BCUT2D eigenvalue weighted by Crippen LogP contribution is 2.40. The van der Waals surface area contributed by atoms with Gasteiger partial charge in [-0.2, -0.15) is 0 Å². The van der Waals surface area contributed by atoms with E-state index in [1.54, 1.807) is 23.5 Å². The van der Waals surface area contributed by atoms with E-state index in [2.05, 4.69) is 29.6 Å². The van der Waals surface area contributed by atoms with E-state index < -0.39 is 0 Å². The third-order valence-electron chi connectivity index (χ3n) is 4.17. The van der Waals surface area contributed by atoms with Crippen LogP contribution in [0.1, 0.15) is 0 Å². The Labute approximate surface area is 182 Å². The fraction of sp³-hybridized carbons (Fsp3) is 0.0435. The van der Waals surface area contributed by atoms with Crippen molar-refractivity contribution >= 4 is 46.3 Å². The summed E-state index contributed by atoms with van der Waals surface area (Å²) in [6.07, 6.45) is 0. The summed E-state index contributed by atoms with van der Waals surface area (Å²) in [4.78, 5) is 18.3. The first kappa shape index (κ1) is 19.7. The van der Waals surface area contributed by atoms with E-state index in [9.17, 15) is 4.79 Å². The van der Waals surface area contributed by atoms with Crippen molar-refractivity contribution in [3.05, 3.63) is 90.0 Å². The lowest BCUT2D eigenvalue weighted by Crippen LogP contribution is -2.14. The lowest BCUT2D eigenvalue weighted by Gasteiger charge is -2.05. The lowest BCUT2D eigenvalue weighted by molar-refractivity contribution is -0.113. The zero-order valence-electron chi connectivity index (χ0n) is 15.3. The first-order valence-corrected chi connectivity index (χ1v) is 11.2. The molecule has 144 valence electrons. The summed E-state index contributed by atoms with van der Waals surface area (Å²) in [5.41, 5.74) is 3.75. The molecule has 0 aliphatic rings. The Balaban J connectivity index is 1.54. The van der Waals surface area contributed by atoms with E-state index in [1.807, 2.05) is 48.5 Å². The highest BCUT2D eigenvalue weighted by atomic mass is 35.5. The largest absolute Gasteiger partial charge is 0.324 e. The van der Waals surface area contributed by atoms with Gasteiger partial charge in [-0.05, 0) is 17.7 Å². The summed E-state index contributed by atoms with van der Waals surface area (Å²) in [6.45, 7) is 0. The first-order chi connectivity index (χ1) is 14.2. The van der Waals surface area contributed by atoms with Crippen molar-refractivity contribution in [1.29, 1.82) is 0 Å². The maximum atomic E-state index is 12.4. The highest BCUT2D eigenvalue weighted by Gasteiger charge is 2.16. The molecule has 29 heavy (non-hydrogen) atoms. The Kier molecular flexibility index (Phi) is 6.30. The molecule has 0 saturated heterocycles. The Morgan fingerprint density at radius 2 is 1.52 bits per heavy atom. The van der Waals surface area contributed by atoms with E-state index >= 15 is 0 Å². The summed E-state index contributed by atoms with van der Waals surface area (Å²) in [6, 6.07) is 27.5. The van der Waals surface area contributed by atoms with Crippen LogP contribution < -0.4 is 5.32 Å². The third-order valence-corrected chi connectivity index (χ3v) is 6.74. The topological polar surface area (TPSA) is 42.0 Å². The van der Waals surface area contributed by atoms with Crippen molar-refractivity contribution in [2.45, 2.75) is 4.34 Å². The maximum absolute atomic E-state index is 12.4. The minimum atomic E-state index is -0.110. The number of para-hydroxylation sites is 1. The number of halogens is 1. The molecule has 1 N–H and O–H groups in total. The average Bonchev–Trinajstić information content (AvgIpc) is 3.20. The minimum Gasteiger partial charge on any atom is -0.324 e. The summed E-state index contributed by atoms with van der Waals surface area (Å²) in [5.74, 6) is 0.155. The van der Waals surface area contributed by atoms with Gasteiger partial charge in [0.15, 0.2) is 4.34 Å². The zero-order chi connectivity index (χ0) is 20.1. The van der Waals surface area contributed by atoms with E-state index in [-0.39, 0.29) is 11.7 Å². The number of nitrogens with one attached hydrogen (secondary N) is 1. The molecule has 1 amide bonds. The van der Waals surface area contributed by atoms with Gasteiger partial charge in [0.1, 0.15) is 0 Å². The van der Waals surface area contributed by atoms with Crippen LogP contribution in [-0.4, -0.2) is 16.6 Å². The number of rotatable bonds is 6. The van der Waals surface area contributed by atoms with Crippen LogP contribution in [-0.2, 0) is 4.79 Å². The van der Waals surface area contributed by atoms with Gasteiger partial charge >= 0.3 is 0 Å². The molecule has 1 aromatic heterocycles. The van der Waals surface area contributed by atoms with Crippen molar-refractivity contribution in [3.8, 4) is 21.7 Å². The van der Waals surface area contributed by atoms with Crippen molar-refractivity contribution in [1.82, 2.24) is 4.98 Å². The highest BCUT2D eigenvalue weighted by molar-refractivity contribution is 8.01. The van der Waals surface area contributed by atoms with Crippen LogP contribution in [0.25, 0.3) is 21.7 Å². The number of benzene rings is 3. The molecule has 4 rings (SSSR count). The van der Waals surface area contributed by atoms with E-state index in [1.165, 1.54) is 11.8 Å². The van der Waals surface area contributed by atoms with Gasteiger partial charge < -0.3 is 5.32 Å². The van der Waals surface area contributed by atoms with Crippen molar-refractivity contribution in [2.75, 3.05) is 11.1 Å². The Hall–Kier alpha value is -2.60. The van der Waals surface area contributed by atoms with Gasteiger partial charge in [0.05, 0.1) is 27.0 Å². The van der Waals surface area contributed by atoms with Gasteiger partial charge in [-0.15, -0.1) is 11.3 Å². The molecule has 0 atom stereocenters. The molecule has 0 spiro atoms. The Bertz CT molecular complexity index is 1060. The number of anilines is 1. The predicted molar refractivity (Wildman–Crippen MR) is 124 cm³/mol. The summed E-state index contributed by atoms with van der Waals surface area (Å²) >= 11 is 9.15. The summed E-state index contributed by atoms with van der Waals surface area (Å²) < 4.78 is 0.858. The van der Waals surface area contributed by atoms with Gasteiger partial charge in [-0.25, -0.2) is 4.98 Å². The van der Waals surface area contributed by atoms with Crippen LogP contribution >= 0.6 is 34.7 Å². The molecule has 0 bridgehead atoms. The van der Waals surface area contributed by atoms with Crippen molar-refractivity contribution < 1.29 is 4.79 Å². The second-order valence-corrected chi connectivity index (χ2v) is 8.83. The SMILES string of the molecule is O=C(CSc1nc(-c2ccccc2)c(-c2ccccc2)s1)Nc1ccccc1Cl. The second-order valence-electron chi connectivity index (χ2n) is 6.21. The number of carbonyl (C=O) groups excluding carboxylic acids is 1. The molecule has 0 aliphatic carbocycles. The van der Waals surface area contributed by atoms with Crippen LogP contribution in [0.4, 0.5) is 5.69 Å². The fourth-order valence-corrected chi connectivity index (χ4v) is 4.97. The van der Waals surface area contributed by atoms with Gasteiger partial charge in [-0.3, -0.25) is 4.79 Å². The average molecular weight is 437 g/mol. The molecule has 0 aliphatic heterocycles. The monoisotopic (exact) mass is 436 g/mol.